The van der Waals surface area contributed by atoms with Crippen molar-refractivity contribution in [1.82, 2.24) is 4.98 Å². The molecule has 0 aliphatic carbocycles. The van der Waals surface area contributed by atoms with Gasteiger partial charge in [-0.05, 0) is 17.2 Å². The van der Waals surface area contributed by atoms with Crippen molar-refractivity contribution < 1.29 is 14.3 Å². The second kappa shape index (κ2) is 7.67. The summed E-state index contributed by atoms with van der Waals surface area (Å²) in [6.45, 7) is 0. The van der Waals surface area contributed by atoms with Crippen molar-refractivity contribution >= 4 is 6.29 Å². The topological polar surface area (TPSA) is 48.4 Å². The van der Waals surface area contributed by atoms with Crippen molar-refractivity contribution in [2.24, 2.45) is 0 Å². The van der Waals surface area contributed by atoms with Crippen LogP contribution in [0.3, 0.4) is 0 Å². The molecule has 2 rings (SSSR count). The highest BCUT2D eigenvalue weighted by Crippen LogP contribution is 2.28. The van der Waals surface area contributed by atoms with Gasteiger partial charge in [-0.25, -0.2) is 0 Å². The molecule has 0 aliphatic heterocycles. The van der Waals surface area contributed by atoms with E-state index >= 15 is 0 Å². The van der Waals surface area contributed by atoms with E-state index in [9.17, 15) is 4.79 Å². The maximum absolute atomic E-state index is 11.0. The summed E-state index contributed by atoms with van der Waals surface area (Å²) in [6.07, 6.45) is 4.53. The third-order valence-electron chi connectivity index (χ3n) is 3.46. The number of nitrogens with zero attached hydrogens (tertiary/aromatic N) is 1. The zero-order valence-corrected chi connectivity index (χ0v) is 12.2. The van der Waals surface area contributed by atoms with Crippen LogP contribution in [-0.4, -0.2) is 25.5 Å². The molecule has 0 spiro atoms. The Balaban J connectivity index is 2.27. The Kier molecular flexibility index (Phi) is 5.60. The molecule has 1 atom stereocenters. The molecule has 2 aromatic rings. The summed E-state index contributed by atoms with van der Waals surface area (Å²) in [5.41, 5.74) is 3.05. The fraction of sp³-hybridized carbons (Fsp3) is 0.294. The van der Waals surface area contributed by atoms with E-state index in [1.54, 1.807) is 26.6 Å². The standard InChI is InChI=1S/C17H19NO3/c1-20-17(21-2)14-7-5-13(6-8-14)16(9-11-19)15-4-3-10-18-12-15/h3-8,10-12,16-17H,9H2,1-2H3. The third-order valence-corrected chi connectivity index (χ3v) is 3.46. The highest BCUT2D eigenvalue weighted by molar-refractivity contribution is 5.54. The van der Waals surface area contributed by atoms with Crippen LogP contribution in [0.5, 0.6) is 0 Å². The van der Waals surface area contributed by atoms with Crippen molar-refractivity contribution in [2.45, 2.75) is 18.6 Å². The van der Waals surface area contributed by atoms with Gasteiger partial charge in [0.25, 0.3) is 0 Å². The van der Waals surface area contributed by atoms with Crippen LogP contribution in [0.15, 0.2) is 48.8 Å². The number of carbonyl (C=O) groups is 1. The number of rotatable bonds is 7. The number of hydrogen-bond acceptors (Lipinski definition) is 4. The predicted molar refractivity (Wildman–Crippen MR) is 80.0 cm³/mol. The van der Waals surface area contributed by atoms with Gasteiger partial charge in [-0.15, -0.1) is 0 Å². The van der Waals surface area contributed by atoms with Crippen LogP contribution in [0.1, 0.15) is 35.3 Å². The smallest absolute Gasteiger partial charge is 0.183 e. The van der Waals surface area contributed by atoms with Crippen LogP contribution in [0.4, 0.5) is 0 Å². The minimum atomic E-state index is -0.373. The molecule has 1 heterocycles. The first-order valence-corrected chi connectivity index (χ1v) is 6.79. The van der Waals surface area contributed by atoms with Gasteiger partial charge < -0.3 is 14.3 Å². The minimum Gasteiger partial charge on any atom is -0.352 e. The summed E-state index contributed by atoms with van der Waals surface area (Å²) in [5, 5.41) is 0. The van der Waals surface area contributed by atoms with E-state index in [-0.39, 0.29) is 12.2 Å². The number of pyridine rings is 1. The number of benzene rings is 1. The van der Waals surface area contributed by atoms with Gasteiger partial charge in [0, 0.05) is 44.5 Å². The van der Waals surface area contributed by atoms with Crippen LogP contribution in [0.25, 0.3) is 0 Å². The lowest BCUT2D eigenvalue weighted by molar-refractivity contribution is -0.108. The van der Waals surface area contributed by atoms with Gasteiger partial charge in [-0.3, -0.25) is 4.98 Å². The van der Waals surface area contributed by atoms with E-state index in [1.165, 1.54) is 0 Å². The number of hydrogen-bond donors (Lipinski definition) is 0. The quantitative estimate of drug-likeness (QED) is 0.579. The molecule has 110 valence electrons. The molecule has 21 heavy (non-hydrogen) atoms. The largest absolute Gasteiger partial charge is 0.352 e. The maximum atomic E-state index is 11.0. The molecule has 0 N–H and O–H groups in total. The summed E-state index contributed by atoms with van der Waals surface area (Å²) >= 11 is 0. The molecule has 4 nitrogen and oxygen atoms in total. The van der Waals surface area contributed by atoms with E-state index < -0.39 is 0 Å². The number of carbonyl (C=O) groups excluding carboxylic acids is 1. The maximum Gasteiger partial charge on any atom is 0.183 e. The average Bonchev–Trinajstić information content (AvgIpc) is 2.55. The van der Waals surface area contributed by atoms with Crippen molar-refractivity contribution in [3.05, 3.63) is 65.5 Å². The van der Waals surface area contributed by atoms with Crippen LogP contribution < -0.4 is 0 Å². The molecule has 0 fully saturated rings. The van der Waals surface area contributed by atoms with E-state index in [2.05, 4.69) is 4.98 Å². The van der Waals surface area contributed by atoms with E-state index in [4.69, 9.17) is 9.47 Å². The Labute approximate surface area is 124 Å². The lowest BCUT2D eigenvalue weighted by Gasteiger charge is -2.17. The summed E-state index contributed by atoms with van der Waals surface area (Å²) in [7, 11) is 3.21. The van der Waals surface area contributed by atoms with Crippen LogP contribution in [-0.2, 0) is 14.3 Å². The Morgan fingerprint density at radius 1 is 1.05 bits per heavy atom. The third kappa shape index (κ3) is 3.74. The molecule has 0 radical (unpaired) electrons. The van der Waals surface area contributed by atoms with Gasteiger partial charge in [-0.1, -0.05) is 30.3 Å². The van der Waals surface area contributed by atoms with Gasteiger partial charge >= 0.3 is 0 Å². The number of ether oxygens (including phenoxy) is 2. The highest BCUT2D eigenvalue weighted by atomic mass is 16.7. The van der Waals surface area contributed by atoms with Gasteiger partial charge in [0.05, 0.1) is 0 Å². The molecule has 0 amide bonds. The number of aldehydes is 1. The number of methoxy groups -OCH3 is 2. The minimum absolute atomic E-state index is 0.0220. The molecular weight excluding hydrogens is 266 g/mol. The SMILES string of the molecule is COC(OC)c1ccc(C(CC=O)c2cccnc2)cc1. The second-order valence-corrected chi connectivity index (χ2v) is 4.71. The van der Waals surface area contributed by atoms with Gasteiger partial charge in [-0.2, -0.15) is 0 Å². The van der Waals surface area contributed by atoms with Crippen LogP contribution >= 0.6 is 0 Å². The molecule has 1 unspecified atom stereocenters. The van der Waals surface area contributed by atoms with Crippen molar-refractivity contribution in [2.75, 3.05) is 14.2 Å². The van der Waals surface area contributed by atoms with E-state index in [0.717, 1.165) is 23.0 Å². The van der Waals surface area contributed by atoms with Gasteiger partial charge in [0.15, 0.2) is 6.29 Å². The molecule has 4 heteroatoms. The molecule has 1 aromatic carbocycles. The lowest BCUT2D eigenvalue weighted by Crippen LogP contribution is -2.06. The highest BCUT2D eigenvalue weighted by Gasteiger charge is 2.15. The zero-order valence-electron chi connectivity index (χ0n) is 12.2. The van der Waals surface area contributed by atoms with Gasteiger partial charge in [0.1, 0.15) is 6.29 Å². The van der Waals surface area contributed by atoms with E-state index in [1.807, 2.05) is 36.4 Å². The molecule has 0 bridgehead atoms. The first-order valence-electron chi connectivity index (χ1n) is 6.79. The monoisotopic (exact) mass is 285 g/mol. The Hall–Kier alpha value is -2.04. The zero-order chi connectivity index (χ0) is 15.1. The first kappa shape index (κ1) is 15.4. The first-order chi connectivity index (χ1) is 10.3. The molecular formula is C17H19NO3. The Bertz CT molecular complexity index is 550. The number of aromatic nitrogens is 1. The molecule has 0 saturated carbocycles. The molecule has 0 aliphatic rings. The summed E-state index contributed by atoms with van der Waals surface area (Å²) in [5.74, 6) is 0.0220. The van der Waals surface area contributed by atoms with E-state index in [0.29, 0.717) is 6.42 Å². The van der Waals surface area contributed by atoms with Crippen LogP contribution in [0, 0.1) is 0 Å². The van der Waals surface area contributed by atoms with Crippen LogP contribution in [0.2, 0.25) is 0 Å². The predicted octanol–water partition coefficient (Wildman–Crippen LogP) is 3.09. The molecule has 1 aromatic heterocycles. The van der Waals surface area contributed by atoms with Gasteiger partial charge in [0.2, 0.25) is 0 Å². The summed E-state index contributed by atoms with van der Waals surface area (Å²) in [4.78, 5) is 15.1. The van der Waals surface area contributed by atoms with Crippen molar-refractivity contribution in [3.63, 3.8) is 0 Å². The Morgan fingerprint density at radius 2 is 1.71 bits per heavy atom. The summed E-state index contributed by atoms with van der Waals surface area (Å²) in [6, 6.07) is 11.8. The second-order valence-electron chi connectivity index (χ2n) is 4.71. The fourth-order valence-corrected chi connectivity index (χ4v) is 2.40. The fourth-order valence-electron chi connectivity index (χ4n) is 2.40. The van der Waals surface area contributed by atoms with Crippen molar-refractivity contribution in [3.8, 4) is 0 Å². The summed E-state index contributed by atoms with van der Waals surface area (Å²) < 4.78 is 10.5. The molecule has 0 saturated heterocycles. The average molecular weight is 285 g/mol. The van der Waals surface area contributed by atoms with Crippen molar-refractivity contribution in [1.29, 1.82) is 0 Å². The normalized spacial score (nSPS) is 12.3. The lowest BCUT2D eigenvalue weighted by atomic mass is 9.89. The Morgan fingerprint density at radius 3 is 2.24 bits per heavy atom.